The Kier molecular flexibility index (Phi) is 3.69. The Morgan fingerprint density at radius 1 is 1.05 bits per heavy atom. The van der Waals surface area contributed by atoms with Gasteiger partial charge in [0.2, 0.25) is 5.83 Å². The SMILES string of the molecule is Cc1c(/C(F)=C(\F)C(F)(F)F)c(=O)n(C)c(=O)n1C. The van der Waals surface area contributed by atoms with Gasteiger partial charge >= 0.3 is 11.9 Å². The minimum atomic E-state index is -5.55. The maximum atomic E-state index is 13.5. The number of nitrogens with zero attached hydrogens (tertiary/aromatic N) is 2. The maximum absolute atomic E-state index is 13.5. The molecule has 0 N–H and O–H groups in total. The molecule has 9 heteroatoms. The number of aromatic nitrogens is 2. The lowest BCUT2D eigenvalue weighted by Gasteiger charge is -2.11. The van der Waals surface area contributed by atoms with Gasteiger partial charge in [0, 0.05) is 19.8 Å². The van der Waals surface area contributed by atoms with Crippen LogP contribution in [0.5, 0.6) is 0 Å². The summed E-state index contributed by atoms with van der Waals surface area (Å²) in [7, 11) is 2.08. The molecular weight excluding hydrogens is 275 g/mol. The zero-order valence-corrected chi connectivity index (χ0v) is 10.1. The Balaban J connectivity index is 3.82. The summed E-state index contributed by atoms with van der Waals surface area (Å²) in [6, 6.07) is 0. The summed E-state index contributed by atoms with van der Waals surface area (Å²) in [6.07, 6.45) is -5.55. The molecule has 1 rings (SSSR count). The van der Waals surface area contributed by atoms with Crippen molar-refractivity contribution in [3.8, 4) is 0 Å². The third-order valence-corrected chi connectivity index (χ3v) is 2.62. The summed E-state index contributed by atoms with van der Waals surface area (Å²) in [5.74, 6) is -5.34. The highest BCUT2D eigenvalue weighted by atomic mass is 19.4. The van der Waals surface area contributed by atoms with Crippen LogP contribution in [-0.2, 0) is 14.1 Å². The van der Waals surface area contributed by atoms with E-state index >= 15 is 0 Å². The lowest BCUT2D eigenvalue weighted by Crippen LogP contribution is -2.40. The number of hydrogen-bond donors (Lipinski definition) is 0. The summed E-state index contributed by atoms with van der Waals surface area (Å²) < 4.78 is 63.7. The second kappa shape index (κ2) is 4.63. The van der Waals surface area contributed by atoms with Crippen molar-refractivity contribution >= 4 is 5.83 Å². The van der Waals surface area contributed by atoms with E-state index in [1.807, 2.05) is 0 Å². The number of alkyl halides is 3. The third-order valence-electron chi connectivity index (χ3n) is 2.62. The van der Waals surface area contributed by atoms with Crippen molar-refractivity contribution in [1.82, 2.24) is 9.13 Å². The molecule has 0 bridgehead atoms. The van der Waals surface area contributed by atoms with Gasteiger partial charge in [-0.3, -0.25) is 9.36 Å². The van der Waals surface area contributed by atoms with Crippen LogP contribution in [0.2, 0.25) is 0 Å². The predicted octanol–water partition coefficient (Wildman–Crippen LogP) is 1.56. The van der Waals surface area contributed by atoms with Crippen molar-refractivity contribution < 1.29 is 22.0 Å². The summed E-state index contributed by atoms with van der Waals surface area (Å²) in [5, 5.41) is 0. The van der Waals surface area contributed by atoms with Crippen molar-refractivity contribution in [2.24, 2.45) is 14.1 Å². The van der Waals surface area contributed by atoms with Crippen LogP contribution in [0.1, 0.15) is 11.3 Å². The Labute approximate surface area is 103 Å². The zero-order valence-electron chi connectivity index (χ0n) is 10.1. The van der Waals surface area contributed by atoms with Crippen LogP contribution in [0, 0.1) is 6.92 Å². The normalized spacial score (nSPS) is 13.5. The van der Waals surface area contributed by atoms with E-state index < -0.39 is 40.3 Å². The van der Waals surface area contributed by atoms with E-state index in [-0.39, 0.29) is 0 Å². The molecule has 1 aromatic rings. The van der Waals surface area contributed by atoms with Gasteiger partial charge in [0.25, 0.3) is 5.56 Å². The van der Waals surface area contributed by atoms with Crippen molar-refractivity contribution in [3.05, 3.63) is 37.9 Å². The summed E-state index contributed by atoms with van der Waals surface area (Å²) in [5.41, 5.74) is -3.71. The maximum Gasteiger partial charge on any atom is 0.445 e. The van der Waals surface area contributed by atoms with Crippen LogP contribution in [-0.4, -0.2) is 15.3 Å². The van der Waals surface area contributed by atoms with Gasteiger partial charge in [-0.1, -0.05) is 0 Å². The molecule has 0 atom stereocenters. The minimum absolute atomic E-state index is 0.394. The van der Waals surface area contributed by atoms with Gasteiger partial charge in [0.05, 0.1) is 5.56 Å². The lowest BCUT2D eigenvalue weighted by molar-refractivity contribution is -0.108. The zero-order chi connectivity index (χ0) is 15.1. The van der Waals surface area contributed by atoms with Gasteiger partial charge in [-0.05, 0) is 6.92 Å². The number of hydrogen-bond acceptors (Lipinski definition) is 2. The lowest BCUT2D eigenvalue weighted by atomic mass is 10.2. The molecule has 0 saturated carbocycles. The summed E-state index contributed by atoms with van der Waals surface area (Å²) in [4.78, 5) is 23.0. The largest absolute Gasteiger partial charge is 0.445 e. The van der Waals surface area contributed by atoms with E-state index in [1.165, 1.54) is 0 Å². The van der Waals surface area contributed by atoms with E-state index in [9.17, 15) is 31.5 Å². The molecule has 0 saturated heterocycles. The van der Waals surface area contributed by atoms with Gasteiger partial charge in [0.15, 0.2) is 5.83 Å². The monoisotopic (exact) mass is 284 g/mol. The number of rotatable bonds is 1. The fraction of sp³-hybridized carbons (Fsp3) is 0.400. The standard InChI is InChI=1S/C10H9F5N2O2/c1-4-5(6(11)7(12)10(13,14)15)8(18)17(3)9(19)16(4)2/h1-3H3/b7-6+. The van der Waals surface area contributed by atoms with Gasteiger partial charge in [-0.15, -0.1) is 0 Å². The average Bonchev–Trinajstić information content (AvgIpc) is 2.31. The molecule has 19 heavy (non-hydrogen) atoms. The predicted molar refractivity (Wildman–Crippen MR) is 56.9 cm³/mol. The molecule has 0 aliphatic carbocycles. The molecule has 0 aliphatic rings. The Morgan fingerprint density at radius 3 is 1.95 bits per heavy atom. The van der Waals surface area contributed by atoms with E-state index in [2.05, 4.69) is 0 Å². The molecule has 4 nitrogen and oxygen atoms in total. The molecule has 0 aromatic carbocycles. The van der Waals surface area contributed by atoms with Crippen molar-refractivity contribution in [2.75, 3.05) is 0 Å². The Bertz CT molecular complexity index is 666. The van der Waals surface area contributed by atoms with Crippen molar-refractivity contribution in [1.29, 1.82) is 0 Å². The first kappa shape index (κ1) is 15.1. The van der Waals surface area contributed by atoms with Crippen LogP contribution >= 0.6 is 0 Å². The fourth-order valence-corrected chi connectivity index (χ4v) is 1.43. The van der Waals surface area contributed by atoms with E-state index in [4.69, 9.17) is 0 Å². The number of allylic oxidation sites excluding steroid dienone is 1. The Hall–Kier alpha value is -1.93. The average molecular weight is 284 g/mol. The van der Waals surface area contributed by atoms with E-state index in [0.29, 0.717) is 4.57 Å². The quantitative estimate of drug-likeness (QED) is 0.735. The Morgan fingerprint density at radius 2 is 1.53 bits per heavy atom. The molecule has 0 amide bonds. The van der Waals surface area contributed by atoms with Gasteiger partial charge in [-0.25, -0.2) is 9.18 Å². The molecule has 0 unspecified atom stereocenters. The highest BCUT2D eigenvalue weighted by Crippen LogP contribution is 2.33. The highest BCUT2D eigenvalue weighted by Gasteiger charge is 2.39. The van der Waals surface area contributed by atoms with E-state index in [0.717, 1.165) is 25.6 Å². The minimum Gasteiger partial charge on any atom is -0.300 e. The summed E-state index contributed by atoms with van der Waals surface area (Å²) >= 11 is 0. The fourth-order valence-electron chi connectivity index (χ4n) is 1.43. The molecule has 106 valence electrons. The first-order valence-corrected chi connectivity index (χ1v) is 4.89. The molecule has 1 heterocycles. The molecule has 0 aliphatic heterocycles. The van der Waals surface area contributed by atoms with Crippen LogP contribution < -0.4 is 11.2 Å². The first-order valence-electron chi connectivity index (χ1n) is 4.89. The van der Waals surface area contributed by atoms with E-state index in [1.54, 1.807) is 0 Å². The van der Waals surface area contributed by atoms with Crippen LogP contribution in [0.3, 0.4) is 0 Å². The van der Waals surface area contributed by atoms with Crippen molar-refractivity contribution in [3.63, 3.8) is 0 Å². The second-order valence-corrected chi connectivity index (χ2v) is 3.79. The second-order valence-electron chi connectivity index (χ2n) is 3.79. The third kappa shape index (κ3) is 2.45. The summed E-state index contributed by atoms with van der Waals surface area (Å²) in [6.45, 7) is 1.04. The van der Waals surface area contributed by atoms with Gasteiger partial charge in [-0.2, -0.15) is 17.6 Å². The van der Waals surface area contributed by atoms with Crippen LogP contribution in [0.4, 0.5) is 22.0 Å². The van der Waals surface area contributed by atoms with Gasteiger partial charge < -0.3 is 4.57 Å². The topological polar surface area (TPSA) is 44.0 Å². The number of halogens is 5. The van der Waals surface area contributed by atoms with Crippen LogP contribution in [0.25, 0.3) is 5.83 Å². The molecule has 0 spiro atoms. The molecule has 1 aromatic heterocycles. The first-order chi connectivity index (χ1) is 8.50. The van der Waals surface area contributed by atoms with Gasteiger partial charge in [0.1, 0.15) is 0 Å². The molecular formula is C10H9F5N2O2. The highest BCUT2D eigenvalue weighted by molar-refractivity contribution is 5.62. The van der Waals surface area contributed by atoms with Crippen molar-refractivity contribution in [2.45, 2.75) is 13.1 Å². The molecule has 0 fully saturated rings. The van der Waals surface area contributed by atoms with Crippen LogP contribution in [0.15, 0.2) is 15.4 Å². The smallest absolute Gasteiger partial charge is 0.300 e. The molecule has 0 radical (unpaired) electrons.